The van der Waals surface area contributed by atoms with Crippen LogP contribution in [-0.2, 0) is 12.8 Å². The molecule has 0 saturated carbocycles. The van der Waals surface area contributed by atoms with Gasteiger partial charge in [-0.05, 0) is 62.1 Å². The molecule has 1 aromatic rings. The first kappa shape index (κ1) is 14.3. The minimum atomic E-state index is 0.659. The van der Waals surface area contributed by atoms with Crippen LogP contribution in [0.5, 0.6) is 0 Å². The maximum absolute atomic E-state index is 3.87. The van der Waals surface area contributed by atoms with Crippen LogP contribution in [0.1, 0.15) is 43.7 Å². The monoisotopic (exact) mass is 257 g/mol. The second kappa shape index (κ2) is 7.49. The molecule has 0 spiro atoms. The van der Waals surface area contributed by atoms with E-state index in [9.17, 15) is 0 Å². The van der Waals surface area contributed by atoms with Crippen LogP contribution in [-0.4, -0.2) is 12.6 Å². The van der Waals surface area contributed by atoms with Gasteiger partial charge in [0.05, 0.1) is 0 Å². The van der Waals surface area contributed by atoms with Crippen molar-refractivity contribution in [2.24, 2.45) is 5.92 Å². The molecule has 0 bridgehead atoms. The maximum atomic E-state index is 3.87. The first-order valence-electron chi connectivity index (χ1n) is 7.76. The summed E-state index contributed by atoms with van der Waals surface area (Å²) in [6.45, 7) is 7.25. The van der Waals surface area contributed by atoms with E-state index in [-0.39, 0.29) is 0 Å². The summed E-state index contributed by atoms with van der Waals surface area (Å²) >= 11 is 0. The van der Waals surface area contributed by atoms with Gasteiger partial charge < -0.3 is 5.32 Å². The molecular formula is C18H27N. The molecule has 2 atom stereocenters. The molecule has 1 nitrogen and oxygen atoms in total. The molecule has 104 valence electrons. The fourth-order valence-electron chi connectivity index (χ4n) is 3.20. The van der Waals surface area contributed by atoms with E-state index in [1.807, 2.05) is 0 Å². The Morgan fingerprint density at radius 2 is 2.16 bits per heavy atom. The van der Waals surface area contributed by atoms with Crippen molar-refractivity contribution in [3.8, 4) is 0 Å². The van der Waals surface area contributed by atoms with Gasteiger partial charge in [-0.1, -0.05) is 37.3 Å². The van der Waals surface area contributed by atoms with Gasteiger partial charge in [-0.3, -0.25) is 0 Å². The second-order valence-electron chi connectivity index (χ2n) is 5.70. The predicted octanol–water partition coefficient (Wildman–Crippen LogP) is 4.13. The van der Waals surface area contributed by atoms with E-state index in [0.717, 1.165) is 18.9 Å². The maximum Gasteiger partial charge on any atom is 0.0102 e. The van der Waals surface area contributed by atoms with Crippen LogP contribution in [0, 0.1) is 5.92 Å². The quantitative estimate of drug-likeness (QED) is 0.724. The number of hydrogen-bond acceptors (Lipinski definition) is 1. The molecule has 0 heterocycles. The summed E-state index contributed by atoms with van der Waals surface area (Å²) in [4.78, 5) is 0. The fraction of sp³-hybridized carbons (Fsp3) is 0.556. The highest BCUT2D eigenvalue weighted by molar-refractivity contribution is 5.30. The van der Waals surface area contributed by atoms with Gasteiger partial charge in [0.2, 0.25) is 0 Å². The molecule has 2 unspecified atom stereocenters. The van der Waals surface area contributed by atoms with Crippen molar-refractivity contribution in [3.05, 3.63) is 48.0 Å². The van der Waals surface area contributed by atoms with Crippen molar-refractivity contribution in [1.29, 1.82) is 0 Å². The molecule has 1 heteroatoms. The lowest BCUT2D eigenvalue weighted by Crippen LogP contribution is -2.39. The van der Waals surface area contributed by atoms with Crippen molar-refractivity contribution < 1.29 is 0 Å². The first-order valence-corrected chi connectivity index (χ1v) is 7.76. The van der Waals surface area contributed by atoms with E-state index >= 15 is 0 Å². The fourth-order valence-corrected chi connectivity index (χ4v) is 3.20. The van der Waals surface area contributed by atoms with E-state index in [2.05, 4.69) is 49.2 Å². The third-order valence-corrected chi connectivity index (χ3v) is 4.29. The molecule has 0 radical (unpaired) electrons. The van der Waals surface area contributed by atoms with Gasteiger partial charge in [0.15, 0.2) is 0 Å². The van der Waals surface area contributed by atoms with Crippen LogP contribution in [0.15, 0.2) is 36.9 Å². The van der Waals surface area contributed by atoms with Gasteiger partial charge in [-0.2, -0.15) is 0 Å². The molecular weight excluding hydrogens is 230 g/mol. The summed E-state index contributed by atoms with van der Waals surface area (Å²) in [7, 11) is 0. The van der Waals surface area contributed by atoms with E-state index in [0.29, 0.717) is 6.04 Å². The molecule has 0 aromatic heterocycles. The third-order valence-electron chi connectivity index (χ3n) is 4.29. The molecule has 2 rings (SSSR count). The van der Waals surface area contributed by atoms with Crippen LogP contribution in [0.3, 0.4) is 0 Å². The first-order chi connectivity index (χ1) is 9.35. The Kier molecular flexibility index (Phi) is 5.65. The number of hydrogen-bond donors (Lipinski definition) is 1. The third kappa shape index (κ3) is 3.94. The molecule has 1 aliphatic carbocycles. The zero-order valence-electron chi connectivity index (χ0n) is 12.2. The summed E-state index contributed by atoms with van der Waals surface area (Å²) in [6, 6.07) is 9.62. The Morgan fingerprint density at radius 3 is 2.89 bits per heavy atom. The van der Waals surface area contributed by atoms with Crippen LogP contribution < -0.4 is 5.32 Å². The molecule has 0 saturated heterocycles. The van der Waals surface area contributed by atoms with Crippen molar-refractivity contribution >= 4 is 0 Å². The van der Waals surface area contributed by atoms with Crippen molar-refractivity contribution in [2.45, 2.75) is 51.5 Å². The Labute approximate surface area is 118 Å². The van der Waals surface area contributed by atoms with Gasteiger partial charge in [-0.15, -0.1) is 6.58 Å². The van der Waals surface area contributed by atoms with E-state index in [1.54, 1.807) is 11.1 Å². The summed E-state index contributed by atoms with van der Waals surface area (Å²) in [5, 5.41) is 3.76. The number of fused-ring (bicyclic) bond motifs is 1. The van der Waals surface area contributed by atoms with E-state index in [1.165, 1.54) is 32.1 Å². The minimum absolute atomic E-state index is 0.659. The lowest BCUT2D eigenvalue weighted by molar-refractivity contribution is 0.306. The average molecular weight is 257 g/mol. The van der Waals surface area contributed by atoms with Crippen LogP contribution in [0.2, 0.25) is 0 Å². The second-order valence-corrected chi connectivity index (χ2v) is 5.70. The van der Waals surface area contributed by atoms with Crippen molar-refractivity contribution in [2.75, 3.05) is 6.54 Å². The van der Waals surface area contributed by atoms with Gasteiger partial charge in [0, 0.05) is 6.04 Å². The van der Waals surface area contributed by atoms with Crippen LogP contribution in [0.4, 0.5) is 0 Å². The van der Waals surface area contributed by atoms with Crippen molar-refractivity contribution in [3.63, 3.8) is 0 Å². The van der Waals surface area contributed by atoms with Crippen molar-refractivity contribution in [1.82, 2.24) is 5.32 Å². The molecule has 0 aliphatic heterocycles. The largest absolute Gasteiger partial charge is 0.314 e. The zero-order chi connectivity index (χ0) is 13.5. The number of rotatable bonds is 7. The smallest absolute Gasteiger partial charge is 0.0102 e. The predicted molar refractivity (Wildman–Crippen MR) is 83.5 cm³/mol. The Hall–Kier alpha value is -1.08. The Bertz CT molecular complexity index is 396. The summed E-state index contributed by atoms with van der Waals surface area (Å²) in [5.74, 6) is 0.793. The van der Waals surface area contributed by atoms with Gasteiger partial charge in [0.25, 0.3) is 0 Å². The highest BCUT2D eigenvalue weighted by atomic mass is 14.9. The number of allylic oxidation sites excluding steroid dienone is 1. The number of nitrogens with one attached hydrogen (secondary N) is 1. The van der Waals surface area contributed by atoms with Crippen LogP contribution >= 0.6 is 0 Å². The molecule has 0 amide bonds. The molecule has 19 heavy (non-hydrogen) atoms. The van der Waals surface area contributed by atoms with Crippen LogP contribution in [0.25, 0.3) is 0 Å². The van der Waals surface area contributed by atoms with E-state index < -0.39 is 0 Å². The molecule has 1 aromatic carbocycles. The summed E-state index contributed by atoms with van der Waals surface area (Å²) in [6.07, 6.45) is 9.45. The van der Waals surface area contributed by atoms with Gasteiger partial charge in [0.1, 0.15) is 0 Å². The number of aryl methyl sites for hydroxylation is 1. The van der Waals surface area contributed by atoms with Gasteiger partial charge >= 0.3 is 0 Å². The standard InChI is InChI=1S/C18H27N/c1-3-5-10-18(19-13-4-2)17-12-11-15-8-6-7-9-16(15)14-17/h3,6-9,17-19H,1,4-5,10-14H2,2H3. The average Bonchev–Trinajstić information content (AvgIpc) is 2.47. The van der Waals surface area contributed by atoms with E-state index in [4.69, 9.17) is 0 Å². The van der Waals surface area contributed by atoms with Gasteiger partial charge in [-0.25, -0.2) is 0 Å². The highest BCUT2D eigenvalue weighted by Crippen LogP contribution is 2.29. The minimum Gasteiger partial charge on any atom is -0.314 e. The summed E-state index contributed by atoms with van der Waals surface area (Å²) < 4.78 is 0. The lowest BCUT2D eigenvalue weighted by atomic mass is 9.79. The lowest BCUT2D eigenvalue weighted by Gasteiger charge is -2.32. The Morgan fingerprint density at radius 1 is 1.37 bits per heavy atom. The topological polar surface area (TPSA) is 12.0 Å². The molecule has 1 N–H and O–H groups in total. The Balaban J connectivity index is 2.00. The normalized spacial score (nSPS) is 19.7. The zero-order valence-corrected chi connectivity index (χ0v) is 12.2. The SMILES string of the molecule is C=CCCC(NCCC)C1CCc2ccccc2C1. The molecule has 1 aliphatic rings. The number of benzene rings is 1. The molecule has 0 fully saturated rings. The highest BCUT2D eigenvalue weighted by Gasteiger charge is 2.25. The summed E-state index contributed by atoms with van der Waals surface area (Å²) in [5.41, 5.74) is 3.14.